The van der Waals surface area contributed by atoms with Crippen molar-refractivity contribution < 1.29 is 0 Å². The topological polar surface area (TPSA) is 54.7 Å². The van der Waals surface area contributed by atoms with E-state index in [1.807, 2.05) is 24.3 Å². The summed E-state index contributed by atoms with van der Waals surface area (Å²) >= 11 is 9.14. The van der Waals surface area contributed by atoms with Crippen molar-refractivity contribution in [1.82, 2.24) is 9.97 Å². The van der Waals surface area contributed by atoms with Crippen LogP contribution in [0.2, 0.25) is 0 Å². The van der Waals surface area contributed by atoms with E-state index < -0.39 is 0 Å². The normalized spacial score (nSPS) is 16.9. The van der Waals surface area contributed by atoms with Gasteiger partial charge < -0.3 is 10.7 Å². The molecule has 1 aliphatic rings. The molecule has 0 spiro atoms. The first kappa shape index (κ1) is 25.9. The van der Waals surface area contributed by atoms with Gasteiger partial charge in [0, 0.05) is 78.0 Å². The summed E-state index contributed by atoms with van der Waals surface area (Å²) in [6, 6.07) is 12.4. The zero-order valence-electron chi connectivity index (χ0n) is 18.8. The molecule has 0 unspecified atom stereocenters. The molecule has 1 aromatic heterocycles. The lowest BCUT2D eigenvalue weighted by Gasteiger charge is -2.44. The zero-order chi connectivity index (χ0) is 23.7. The fourth-order valence-corrected chi connectivity index (χ4v) is 12.7. The predicted octanol–water partition coefficient (Wildman–Crippen LogP) is 5.39. The van der Waals surface area contributed by atoms with Crippen molar-refractivity contribution in [2.45, 2.75) is 52.4 Å². The molecule has 10 heteroatoms. The maximum atomic E-state index is 6.13. The third kappa shape index (κ3) is 4.47. The summed E-state index contributed by atoms with van der Waals surface area (Å²) in [6.45, 7) is 14.2. The van der Waals surface area contributed by atoms with Gasteiger partial charge in [0.15, 0.2) is 0 Å². The van der Waals surface area contributed by atoms with E-state index in [9.17, 15) is 0 Å². The molecule has 3 nitrogen and oxygen atoms in total. The van der Waals surface area contributed by atoms with Crippen LogP contribution in [0.4, 0.5) is 5.69 Å². The van der Waals surface area contributed by atoms with Crippen LogP contribution in [-0.2, 0) is 77.6 Å². The minimum Gasteiger partial charge on any atom is -0.398 e. The van der Waals surface area contributed by atoms with Crippen molar-refractivity contribution in [3.63, 3.8) is 0 Å². The highest BCUT2D eigenvalue weighted by atomic mass is 33.4. The summed E-state index contributed by atoms with van der Waals surface area (Å²) < 4.78 is 0. The van der Waals surface area contributed by atoms with Crippen molar-refractivity contribution in [1.29, 1.82) is 0 Å². The summed E-state index contributed by atoms with van der Waals surface area (Å²) in [4.78, 5) is 8.33. The van der Waals surface area contributed by atoms with Crippen LogP contribution < -0.4 is 5.73 Å². The second-order valence-corrected chi connectivity index (χ2v) is 18.1. The molecule has 0 atom stereocenters. The van der Waals surface area contributed by atoms with Gasteiger partial charge in [0.05, 0.1) is 11.0 Å². The van der Waals surface area contributed by atoms with Crippen LogP contribution >= 0.6 is 0 Å². The molecule has 4 rings (SSSR count). The Morgan fingerprint density at radius 3 is 1.97 bits per heavy atom. The monoisotopic (exact) mass is 557 g/mol. The molecule has 1 aliphatic carbocycles. The van der Waals surface area contributed by atoms with Crippen molar-refractivity contribution in [3.8, 4) is 11.4 Å². The summed E-state index contributed by atoms with van der Waals surface area (Å²) in [6.07, 6.45) is 0. The summed E-state index contributed by atoms with van der Waals surface area (Å²) in [5.74, 6) is 0.839. The minimum atomic E-state index is 0.0882. The maximum absolute atomic E-state index is 6.13. The van der Waals surface area contributed by atoms with Gasteiger partial charge in [-0.1, -0.05) is 53.7 Å². The van der Waals surface area contributed by atoms with Gasteiger partial charge in [0.25, 0.3) is 0 Å². The third-order valence-electron chi connectivity index (χ3n) is 7.42. The molecule has 0 radical (unpaired) electrons. The highest BCUT2D eigenvalue weighted by molar-refractivity contribution is 8.68. The molecule has 3 N–H and O–H groups in total. The first-order valence-electron chi connectivity index (χ1n) is 9.97. The lowest BCUT2D eigenvalue weighted by molar-refractivity contribution is 0.125. The molecule has 0 saturated carbocycles. The lowest BCUT2D eigenvalue weighted by Crippen LogP contribution is -2.42. The number of para-hydroxylation sites is 1. The Hall–Kier alpha value is -0.750. The molecule has 0 fully saturated rings. The number of nitrogen functional groups attached to an aromatic ring is 1. The SMILES string of the molecule is CC1(C)c2cc3nc(-c4ccccc4N)[nH]c3cc2C(C)(C)C1(C)C.S=S=S=S=S=S=S. The molecular formula is C22H27N3S7. The number of hydrogen-bond acceptors (Lipinski definition) is 4. The number of rotatable bonds is 1. The number of anilines is 1. The number of fused-ring (bicyclic) bond motifs is 2. The van der Waals surface area contributed by atoms with Crippen molar-refractivity contribution >= 4 is 83.5 Å². The lowest BCUT2D eigenvalue weighted by atomic mass is 9.59. The van der Waals surface area contributed by atoms with Crippen LogP contribution in [0.3, 0.4) is 0 Å². The van der Waals surface area contributed by atoms with Crippen LogP contribution in [-0.4, -0.2) is 9.97 Å². The first-order valence-corrected chi connectivity index (χ1v) is 18.0. The number of benzene rings is 2. The van der Waals surface area contributed by atoms with E-state index in [4.69, 9.17) is 10.7 Å². The largest absolute Gasteiger partial charge is 0.398 e. The Labute approximate surface area is 214 Å². The summed E-state index contributed by atoms with van der Waals surface area (Å²) in [5, 5.41) is 0. The van der Waals surface area contributed by atoms with E-state index in [1.165, 1.54) is 28.9 Å². The number of hydrogen-bond donors (Lipinski definition) is 2. The standard InChI is InChI=1S/C22H27N3.S7/c1-20(2)14-11-17-18(12-15(14)21(3,4)22(20,5)6)25-19(24-17)13-9-7-8-10-16(13)23;1-3-5-7-6-4-2/h7-12H,23H2,1-6H3,(H,24,25);. The predicted molar refractivity (Wildman–Crippen MR) is 157 cm³/mol. The fraction of sp³-hybridized carbons (Fsp3) is 0.409. The van der Waals surface area contributed by atoms with E-state index in [-0.39, 0.29) is 16.2 Å². The Kier molecular flexibility index (Phi) is 7.96. The average Bonchev–Trinajstić information content (AvgIpc) is 3.20. The van der Waals surface area contributed by atoms with Crippen LogP contribution in [0.15, 0.2) is 36.4 Å². The number of nitrogens with zero attached hydrogens (tertiary/aromatic N) is 1. The van der Waals surface area contributed by atoms with Crippen molar-refractivity contribution in [2.75, 3.05) is 5.73 Å². The second-order valence-electron chi connectivity index (χ2n) is 9.30. The number of aromatic amines is 1. The Balaban J connectivity index is 0.000000360. The van der Waals surface area contributed by atoms with Crippen LogP contribution in [0, 0.1) is 5.41 Å². The summed E-state index contributed by atoms with van der Waals surface area (Å²) in [5.41, 5.74) is 13.1. The van der Waals surface area contributed by atoms with Crippen LogP contribution in [0.25, 0.3) is 22.4 Å². The number of nitrogens with two attached hydrogens (primary N) is 1. The summed E-state index contributed by atoms with van der Waals surface area (Å²) in [7, 11) is 7.36. The quantitative estimate of drug-likeness (QED) is 0.394. The molecule has 0 saturated heterocycles. The molecule has 1 heterocycles. The van der Waals surface area contributed by atoms with Gasteiger partial charge in [-0.15, -0.1) is 0 Å². The van der Waals surface area contributed by atoms with Crippen molar-refractivity contribution in [2.24, 2.45) is 5.41 Å². The van der Waals surface area contributed by atoms with E-state index in [0.29, 0.717) is 0 Å². The van der Waals surface area contributed by atoms with E-state index in [2.05, 4.69) is 81.0 Å². The molecule has 0 bridgehead atoms. The Bertz CT molecular complexity index is 1310. The molecule has 3 aromatic rings. The third-order valence-corrected chi connectivity index (χ3v) is 16.3. The van der Waals surface area contributed by atoms with Crippen LogP contribution in [0.5, 0.6) is 0 Å². The van der Waals surface area contributed by atoms with Gasteiger partial charge in [-0.3, -0.25) is 0 Å². The number of nitrogens with one attached hydrogen (secondary N) is 1. The van der Waals surface area contributed by atoms with Gasteiger partial charge in [-0.05, 0) is 51.6 Å². The number of aromatic nitrogens is 2. The Morgan fingerprint density at radius 2 is 1.41 bits per heavy atom. The molecular weight excluding hydrogens is 531 g/mol. The van der Waals surface area contributed by atoms with Gasteiger partial charge in [0.1, 0.15) is 5.82 Å². The average molecular weight is 558 g/mol. The second kappa shape index (κ2) is 9.85. The van der Waals surface area contributed by atoms with Gasteiger partial charge in [-0.25, -0.2) is 4.98 Å². The van der Waals surface area contributed by atoms with E-state index in [0.717, 1.165) is 28.1 Å². The maximum Gasteiger partial charge on any atom is 0.140 e. The Morgan fingerprint density at radius 1 is 0.844 bits per heavy atom. The first-order chi connectivity index (χ1) is 15.0. The molecule has 0 aliphatic heterocycles. The zero-order valence-corrected chi connectivity index (χ0v) is 24.6. The van der Waals surface area contributed by atoms with Crippen LogP contribution in [0.1, 0.15) is 52.7 Å². The van der Waals surface area contributed by atoms with Crippen molar-refractivity contribution in [3.05, 3.63) is 47.5 Å². The fourth-order valence-electron chi connectivity index (χ4n) is 4.42. The van der Waals surface area contributed by atoms with Gasteiger partial charge in [-0.2, -0.15) is 0 Å². The molecule has 172 valence electrons. The number of imidazole rings is 1. The van der Waals surface area contributed by atoms with E-state index >= 15 is 0 Å². The molecule has 32 heavy (non-hydrogen) atoms. The van der Waals surface area contributed by atoms with Gasteiger partial charge >= 0.3 is 0 Å². The van der Waals surface area contributed by atoms with Gasteiger partial charge in [0.2, 0.25) is 0 Å². The van der Waals surface area contributed by atoms with E-state index in [1.54, 1.807) is 26.6 Å². The minimum absolute atomic E-state index is 0.0882. The smallest absolute Gasteiger partial charge is 0.140 e. The number of H-pyrrole nitrogens is 1. The highest BCUT2D eigenvalue weighted by Gasteiger charge is 2.56. The highest BCUT2D eigenvalue weighted by Crippen LogP contribution is 2.61. The molecule has 0 amide bonds. The molecule has 2 aromatic carbocycles.